The van der Waals surface area contributed by atoms with Crippen LogP contribution in [-0.4, -0.2) is 75.2 Å². The number of benzene rings is 1. The minimum Gasteiger partial charge on any atom is -0.481 e. The van der Waals surface area contributed by atoms with Crippen molar-refractivity contribution >= 4 is 41.0 Å². The normalized spacial score (nSPS) is 17.2. The Kier molecular flexibility index (Phi) is 11.3. The number of anilines is 1. The number of rotatable bonds is 13. The molecule has 0 saturated carbocycles. The highest BCUT2D eigenvalue weighted by Crippen LogP contribution is 2.20. The maximum atomic E-state index is 13.2. The van der Waals surface area contributed by atoms with E-state index < -0.39 is 58.7 Å². The highest BCUT2D eigenvalue weighted by Gasteiger charge is 2.38. The number of aliphatic carboxylic acids is 1. The second-order valence-electron chi connectivity index (χ2n) is 9.94. The van der Waals surface area contributed by atoms with Gasteiger partial charge in [0.2, 0.25) is 23.6 Å². The number of nitro benzene ring substituents is 1. The number of likely N-dealkylation sites (tertiary alicyclic amines) is 1. The monoisotopic (exact) mass is 548 g/mol. The van der Waals surface area contributed by atoms with Gasteiger partial charge in [-0.2, -0.15) is 0 Å². The van der Waals surface area contributed by atoms with E-state index in [1.807, 2.05) is 13.8 Å². The first-order valence-corrected chi connectivity index (χ1v) is 12.7. The second-order valence-corrected chi connectivity index (χ2v) is 9.94. The molecule has 1 fully saturated rings. The highest BCUT2D eigenvalue weighted by atomic mass is 16.6. The van der Waals surface area contributed by atoms with Gasteiger partial charge in [0.15, 0.2) is 0 Å². The molecule has 214 valence electrons. The lowest BCUT2D eigenvalue weighted by Crippen LogP contribution is -2.56. The molecule has 1 aliphatic heterocycles. The number of hydrogen-bond acceptors (Lipinski definition) is 8. The molecular formula is C25H36N6O8. The molecule has 0 bridgehead atoms. The summed E-state index contributed by atoms with van der Waals surface area (Å²) in [5, 5.41) is 27.5. The molecule has 0 unspecified atom stereocenters. The second kappa shape index (κ2) is 14.2. The third kappa shape index (κ3) is 9.32. The fraction of sp³-hybridized carbons (Fsp3) is 0.560. The van der Waals surface area contributed by atoms with Gasteiger partial charge in [-0.3, -0.25) is 34.1 Å². The number of carbonyl (C=O) groups is 5. The summed E-state index contributed by atoms with van der Waals surface area (Å²) in [6.45, 7) is 5.51. The van der Waals surface area contributed by atoms with Crippen LogP contribution in [0.4, 0.5) is 11.4 Å². The SMILES string of the molecule is CC(C)C[C@H](NC(=O)[C@@H]1CCCN1C(=O)[C@H](C)NC(=O)[C@@H](N)CCC(=O)O)C(=O)Nc1ccc([N+](=O)[O-])cc1. The number of carboxylic acid groups (broad SMARTS) is 1. The van der Waals surface area contributed by atoms with E-state index in [0.29, 0.717) is 24.9 Å². The molecule has 14 heteroatoms. The standard InChI is InChI=1S/C25H36N6O8/c1-14(2)13-19(23(35)28-16-6-8-17(9-7-16)31(38)39)29-24(36)20-5-4-12-30(20)25(37)15(3)27-22(34)18(26)10-11-21(32)33/h6-9,14-15,18-20H,4-5,10-13,26H2,1-3H3,(H,27,34)(H,28,35)(H,29,36)(H,32,33)/t15-,18-,19-,20-/m0/s1. The molecule has 1 saturated heterocycles. The molecule has 0 spiro atoms. The summed E-state index contributed by atoms with van der Waals surface area (Å²) in [5.41, 5.74) is 5.91. The number of hydrogen-bond donors (Lipinski definition) is 5. The van der Waals surface area contributed by atoms with Gasteiger partial charge in [0.05, 0.1) is 11.0 Å². The molecule has 39 heavy (non-hydrogen) atoms. The van der Waals surface area contributed by atoms with Crippen LogP contribution in [0.1, 0.15) is 52.9 Å². The Bertz CT molecular complexity index is 1080. The summed E-state index contributed by atoms with van der Waals surface area (Å²) in [7, 11) is 0. The van der Waals surface area contributed by atoms with Gasteiger partial charge in [-0.05, 0) is 50.7 Å². The molecule has 6 N–H and O–H groups in total. The summed E-state index contributed by atoms with van der Waals surface area (Å²) >= 11 is 0. The van der Waals surface area contributed by atoms with Crippen LogP contribution >= 0.6 is 0 Å². The van der Waals surface area contributed by atoms with Crippen molar-refractivity contribution in [2.75, 3.05) is 11.9 Å². The molecular weight excluding hydrogens is 512 g/mol. The first-order valence-electron chi connectivity index (χ1n) is 12.7. The van der Waals surface area contributed by atoms with Gasteiger partial charge in [-0.15, -0.1) is 0 Å². The van der Waals surface area contributed by atoms with Crippen LogP contribution in [0.2, 0.25) is 0 Å². The van der Waals surface area contributed by atoms with Crippen LogP contribution < -0.4 is 21.7 Å². The zero-order valence-electron chi connectivity index (χ0n) is 22.2. The van der Waals surface area contributed by atoms with Crippen molar-refractivity contribution in [2.45, 2.75) is 77.0 Å². The third-order valence-electron chi connectivity index (χ3n) is 6.26. The summed E-state index contributed by atoms with van der Waals surface area (Å²) in [5.74, 6) is -3.23. The summed E-state index contributed by atoms with van der Waals surface area (Å²) in [6.07, 6.45) is 0.851. The first-order chi connectivity index (χ1) is 18.3. The Labute approximate surface area is 225 Å². The van der Waals surface area contributed by atoms with Crippen LogP contribution in [0.15, 0.2) is 24.3 Å². The van der Waals surface area contributed by atoms with Crippen molar-refractivity contribution in [3.63, 3.8) is 0 Å². The first kappa shape index (κ1) is 31.1. The fourth-order valence-electron chi connectivity index (χ4n) is 4.21. The molecule has 0 radical (unpaired) electrons. The number of nitrogens with zero attached hydrogens (tertiary/aromatic N) is 2. The maximum Gasteiger partial charge on any atom is 0.303 e. The Balaban J connectivity index is 2.04. The van der Waals surface area contributed by atoms with E-state index in [1.54, 1.807) is 0 Å². The molecule has 1 aromatic carbocycles. The largest absolute Gasteiger partial charge is 0.481 e. The zero-order chi connectivity index (χ0) is 29.3. The van der Waals surface area contributed by atoms with E-state index in [0.717, 1.165) is 0 Å². The Hall–Kier alpha value is -4.07. The van der Waals surface area contributed by atoms with Gasteiger partial charge in [0.25, 0.3) is 5.69 Å². The number of carboxylic acids is 1. The van der Waals surface area contributed by atoms with Gasteiger partial charge in [-0.1, -0.05) is 13.8 Å². The van der Waals surface area contributed by atoms with Crippen molar-refractivity contribution in [3.8, 4) is 0 Å². The third-order valence-corrected chi connectivity index (χ3v) is 6.26. The lowest BCUT2D eigenvalue weighted by molar-refractivity contribution is -0.384. The molecule has 14 nitrogen and oxygen atoms in total. The molecule has 0 aliphatic carbocycles. The van der Waals surface area contributed by atoms with Crippen LogP contribution in [0.3, 0.4) is 0 Å². The van der Waals surface area contributed by atoms with Crippen molar-refractivity contribution in [2.24, 2.45) is 11.7 Å². The Morgan fingerprint density at radius 2 is 1.74 bits per heavy atom. The predicted molar refractivity (Wildman–Crippen MR) is 140 cm³/mol. The quantitative estimate of drug-likeness (QED) is 0.173. The predicted octanol–water partition coefficient (Wildman–Crippen LogP) is 0.752. The van der Waals surface area contributed by atoms with E-state index in [1.165, 1.54) is 36.1 Å². The lowest BCUT2D eigenvalue weighted by atomic mass is 10.0. The average Bonchev–Trinajstić information content (AvgIpc) is 3.36. The van der Waals surface area contributed by atoms with Gasteiger partial charge >= 0.3 is 5.97 Å². The fourth-order valence-corrected chi connectivity index (χ4v) is 4.21. The molecule has 2 rings (SSSR count). The maximum absolute atomic E-state index is 13.2. The molecule has 1 aliphatic rings. The smallest absolute Gasteiger partial charge is 0.303 e. The van der Waals surface area contributed by atoms with Gasteiger partial charge in [0, 0.05) is 30.8 Å². The highest BCUT2D eigenvalue weighted by molar-refractivity contribution is 5.99. The number of nitro groups is 1. The topological polar surface area (TPSA) is 214 Å². The van der Waals surface area contributed by atoms with E-state index in [-0.39, 0.29) is 31.0 Å². The van der Waals surface area contributed by atoms with E-state index in [9.17, 15) is 34.1 Å². The summed E-state index contributed by atoms with van der Waals surface area (Å²) < 4.78 is 0. The van der Waals surface area contributed by atoms with Gasteiger partial charge in [0.1, 0.15) is 18.1 Å². The minimum absolute atomic E-state index is 0.0415. The summed E-state index contributed by atoms with van der Waals surface area (Å²) in [4.78, 5) is 73.9. The lowest BCUT2D eigenvalue weighted by Gasteiger charge is -2.29. The molecule has 1 heterocycles. The molecule has 4 atom stereocenters. The van der Waals surface area contributed by atoms with Crippen molar-refractivity contribution in [3.05, 3.63) is 34.4 Å². The summed E-state index contributed by atoms with van der Waals surface area (Å²) in [6, 6.07) is 1.43. The van der Waals surface area contributed by atoms with E-state index in [2.05, 4.69) is 16.0 Å². The molecule has 0 aromatic heterocycles. The van der Waals surface area contributed by atoms with Gasteiger partial charge in [-0.25, -0.2) is 0 Å². The number of nitrogens with two attached hydrogens (primary N) is 1. The average molecular weight is 549 g/mol. The van der Waals surface area contributed by atoms with Gasteiger partial charge < -0.3 is 31.7 Å². The number of carbonyl (C=O) groups excluding carboxylic acids is 4. The Morgan fingerprint density at radius 3 is 2.31 bits per heavy atom. The Morgan fingerprint density at radius 1 is 1.10 bits per heavy atom. The van der Waals surface area contributed by atoms with E-state index >= 15 is 0 Å². The van der Waals surface area contributed by atoms with Crippen molar-refractivity contribution in [1.29, 1.82) is 0 Å². The number of amides is 4. The van der Waals surface area contributed by atoms with E-state index in [4.69, 9.17) is 10.8 Å². The molecule has 4 amide bonds. The molecule has 1 aromatic rings. The minimum atomic E-state index is -1.10. The number of non-ortho nitro benzene ring substituents is 1. The van der Waals surface area contributed by atoms with Crippen molar-refractivity contribution in [1.82, 2.24) is 15.5 Å². The van der Waals surface area contributed by atoms with Crippen LogP contribution in [0.5, 0.6) is 0 Å². The van der Waals surface area contributed by atoms with Crippen LogP contribution in [0.25, 0.3) is 0 Å². The zero-order valence-corrected chi connectivity index (χ0v) is 22.2. The van der Waals surface area contributed by atoms with Crippen LogP contribution in [-0.2, 0) is 24.0 Å². The van der Waals surface area contributed by atoms with Crippen molar-refractivity contribution < 1.29 is 34.0 Å². The number of nitrogens with one attached hydrogen (secondary N) is 3. The van der Waals surface area contributed by atoms with Crippen LogP contribution in [0, 0.1) is 16.0 Å².